The Bertz CT molecular complexity index is 556. The van der Waals surface area contributed by atoms with Crippen LogP contribution >= 0.6 is 15.9 Å². The number of hydrogen-bond acceptors (Lipinski definition) is 2. The topological polar surface area (TPSA) is 21.3 Å². The Morgan fingerprint density at radius 3 is 2.62 bits per heavy atom. The second-order valence-corrected chi connectivity index (χ2v) is 6.13. The largest absolute Gasteiger partial charge is 0.489 e. The Labute approximate surface area is 135 Å². The number of ether oxygens (including phenoxy) is 1. The molecular weight excluding hydrogens is 326 g/mol. The third-order valence-electron chi connectivity index (χ3n) is 3.51. The van der Waals surface area contributed by atoms with Gasteiger partial charge >= 0.3 is 0 Å². The van der Waals surface area contributed by atoms with Crippen molar-refractivity contribution in [3.05, 3.63) is 64.1 Å². The van der Waals surface area contributed by atoms with E-state index in [1.54, 1.807) is 0 Å². The lowest BCUT2D eigenvalue weighted by atomic mass is 10.1. The summed E-state index contributed by atoms with van der Waals surface area (Å²) in [6, 6.07) is 16.9. The van der Waals surface area contributed by atoms with E-state index in [-0.39, 0.29) is 0 Å². The van der Waals surface area contributed by atoms with Gasteiger partial charge in [-0.2, -0.15) is 0 Å². The monoisotopic (exact) mass is 347 g/mol. The van der Waals surface area contributed by atoms with E-state index in [1.165, 1.54) is 11.1 Å². The number of halogens is 1. The van der Waals surface area contributed by atoms with Crippen molar-refractivity contribution in [3.8, 4) is 5.75 Å². The predicted octanol–water partition coefficient (Wildman–Crippen LogP) is 4.92. The lowest BCUT2D eigenvalue weighted by Crippen LogP contribution is -2.24. The van der Waals surface area contributed by atoms with E-state index in [0.29, 0.717) is 12.6 Å². The molecule has 0 aromatic heterocycles. The molecule has 0 heterocycles. The normalized spacial score (nSPS) is 12.1. The Hall–Kier alpha value is -1.32. The molecule has 0 spiro atoms. The third-order valence-corrected chi connectivity index (χ3v) is 4.01. The second kappa shape index (κ2) is 8.20. The molecule has 1 N–H and O–H groups in total. The van der Waals surface area contributed by atoms with Crippen molar-refractivity contribution in [2.24, 2.45) is 0 Å². The van der Waals surface area contributed by atoms with Crippen LogP contribution in [0.2, 0.25) is 0 Å². The average molecular weight is 348 g/mol. The highest BCUT2D eigenvalue weighted by atomic mass is 79.9. The van der Waals surface area contributed by atoms with Crippen LogP contribution in [0.1, 0.15) is 31.4 Å². The lowest BCUT2D eigenvalue weighted by molar-refractivity contribution is 0.301. The number of hydrogen-bond donors (Lipinski definition) is 1. The maximum Gasteiger partial charge on any atom is 0.124 e. The quantitative estimate of drug-likeness (QED) is 0.767. The zero-order valence-electron chi connectivity index (χ0n) is 12.6. The van der Waals surface area contributed by atoms with Gasteiger partial charge in [-0.25, -0.2) is 0 Å². The molecule has 21 heavy (non-hydrogen) atoms. The molecule has 2 aromatic carbocycles. The zero-order valence-corrected chi connectivity index (χ0v) is 14.2. The van der Waals surface area contributed by atoms with Gasteiger partial charge in [0.25, 0.3) is 0 Å². The first-order chi connectivity index (χ1) is 10.2. The summed E-state index contributed by atoms with van der Waals surface area (Å²) in [7, 11) is 0. The van der Waals surface area contributed by atoms with E-state index < -0.39 is 0 Å². The molecule has 0 aliphatic heterocycles. The molecule has 3 heteroatoms. The van der Waals surface area contributed by atoms with Crippen LogP contribution in [0.15, 0.2) is 53.0 Å². The van der Waals surface area contributed by atoms with Crippen LogP contribution in [0.4, 0.5) is 0 Å². The molecule has 0 amide bonds. The molecule has 1 unspecified atom stereocenters. The summed E-state index contributed by atoms with van der Waals surface area (Å²) in [5, 5.41) is 3.51. The number of rotatable bonds is 7. The Balaban J connectivity index is 2.04. The van der Waals surface area contributed by atoms with Crippen molar-refractivity contribution in [2.45, 2.75) is 39.5 Å². The molecule has 2 nitrogen and oxygen atoms in total. The van der Waals surface area contributed by atoms with Gasteiger partial charge in [0.2, 0.25) is 0 Å². The summed E-state index contributed by atoms with van der Waals surface area (Å²) in [4.78, 5) is 0. The smallest absolute Gasteiger partial charge is 0.124 e. The SMILES string of the molecule is CCC(C)NCc1cc(Br)ccc1OCc1ccccc1. The van der Waals surface area contributed by atoms with E-state index in [2.05, 4.69) is 53.3 Å². The van der Waals surface area contributed by atoms with Gasteiger partial charge in [-0.15, -0.1) is 0 Å². The van der Waals surface area contributed by atoms with Crippen molar-refractivity contribution < 1.29 is 4.74 Å². The summed E-state index contributed by atoms with van der Waals surface area (Å²) in [5.41, 5.74) is 2.36. The van der Waals surface area contributed by atoms with Gasteiger partial charge in [0.05, 0.1) is 0 Å². The van der Waals surface area contributed by atoms with E-state index in [4.69, 9.17) is 4.74 Å². The van der Waals surface area contributed by atoms with Gasteiger partial charge in [0, 0.05) is 22.6 Å². The number of nitrogens with one attached hydrogen (secondary N) is 1. The minimum Gasteiger partial charge on any atom is -0.489 e. The van der Waals surface area contributed by atoms with E-state index in [0.717, 1.165) is 23.2 Å². The zero-order chi connectivity index (χ0) is 15.1. The summed E-state index contributed by atoms with van der Waals surface area (Å²) in [5.74, 6) is 0.942. The first-order valence-electron chi connectivity index (χ1n) is 7.37. The molecule has 2 rings (SSSR count). The van der Waals surface area contributed by atoms with E-state index in [9.17, 15) is 0 Å². The van der Waals surface area contributed by atoms with Gasteiger partial charge in [0.15, 0.2) is 0 Å². The highest BCUT2D eigenvalue weighted by molar-refractivity contribution is 9.10. The summed E-state index contributed by atoms with van der Waals surface area (Å²) < 4.78 is 7.06. The van der Waals surface area contributed by atoms with Crippen LogP contribution in [0.3, 0.4) is 0 Å². The molecule has 0 fully saturated rings. The fourth-order valence-electron chi connectivity index (χ4n) is 1.99. The van der Waals surface area contributed by atoms with Crippen molar-refractivity contribution in [2.75, 3.05) is 0 Å². The molecular formula is C18H22BrNO. The van der Waals surface area contributed by atoms with Gasteiger partial charge < -0.3 is 10.1 Å². The predicted molar refractivity (Wildman–Crippen MR) is 91.5 cm³/mol. The fraction of sp³-hybridized carbons (Fsp3) is 0.333. The Morgan fingerprint density at radius 1 is 1.14 bits per heavy atom. The average Bonchev–Trinajstić information content (AvgIpc) is 2.52. The van der Waals surface area contributed by atoms with Crippen LogP contribution in [0, 0.1) is 0 Å². The fourth-order valence-corrected chi connectivity index (χ4v) is 2.40. The molecule has 0 aliphatic carbocycles. The van der Waals surface area contributed by atoms with E-state index >= 15 is 0 Å². The molecule has 1 atom stereocenters. The van der Waals surface area contributed by atoms with Crippen LogP contribution in [-0.2, 0) is 13.2 Å². The molecule has 2 aromatic rings. The Kier molecular flexibility index (Phi) is 6.27. The lowest BCUT2D eigenvalue weighted by Gasteiger charge is -2.15. The van der Waals surface area contributed by atoms with Crippen LogP contribution in [0.25, 0.3) is 0 Å². The third kappa shape index (κ3) is 5.18. The van der Waals surface area contributed by atoms with Crippen molar-refractivity contribution in [1.82, 2.24) is 5.32 Å². The van der Waals surface area contributed by atoms with Crippen molar-refractivity contribution in [3.63, 3.8) is 0 Å². The summed E-state index contributed by atoms with van der Waals surface area (Å²) in [6.45, 7) is 5.80. The molecule has 0 saturated heterocycles. The van der Waals surface area contributed by atoms with Crippen molar-refractivity contribution >= 4 is 15.9 Å². The second-order valence-electron chi connectivity index (χ2n) is 5.22. The first kappa shape index (κ1) is 16.1. The van der Waals surface area contributed by atoms with Crippen molar-refractivity contribution in [1.29, 1.82) is 0 Å². The Morgan fingerprint density at radius 2 is 1.90 bits per heavy atom. The maximum atomic E-state index is 5.98. The molecule has 0 aliphatic rings. The van der Waals surface area contributed by atoms with Crippen LogP contribution < -0.4 is 10.1 Å². The summed E-state index contributed by atoms with van der Waals surface area (Å²) in [6.07, 6.45) is 1.12. The highest BCUT2D eigenvalue weighted by Gasteiger charge is 2.07. The van der Waals surface area contributed by atoms with Gasteiger partial charge in [0.1, 0.15) is 12.4 Å². The number of benzene rings is 2. The molecule has 0 bridgehead atoms. The van der Waals surface area contributed by atoms with Gasteiger partial charge in [-0.1, -0.05) is 53.2 Å². The minimum absolute atomic E-state index is 0.506. The molecule has 0 saturated carbocycles. The molecule has 0 radical (unpaired) electrons. The van der Waals surface area contributed by atoms with E-state index in [1.807, 2.05) is 30.3 Å². The summed E-state index contributed by atoms with van der Waals surface area (Å²) >= 11 is 3.53. The highest BCUT2D eigenvalue weighted by Crippen LogP contribution is 2.24. The standard InChI is InChI=1S/C18H22BrNO/c1-3-14(2)20-12-16-11-17(19)9-10-18(16)21-13-15-7-5-4-6-8-15/h4-11,14,20H,3,12-13H2,1-2H3. The van der Waals surface area contributed by atoms with Gasteiger partial charge in [-0.3, -0.25) is 0 Å². The minimum atomic E-state index is 0.506. The van der Waals surface area contributed by atoms with Crippen LogP contribution in [0.5, 0.6) is 5.75 Å². The first-order valence-corrected chi connectivity index (χ1v) is 8.17. The van der Waals surface area contributed by atoms with Gasteiger partial charge in [-0.05, 0) is 37.1 Å². The maximum absolute atomic E-state index is 5.98. The van der Waals surface area contributed by atoms with Crippen LogP contribution in [-0.4, -0.2) is 6.04 Å². The molecule has 112 valence electrons.